The van der Waals surface area contributed by atoms with Crippen molar-refractivity contribution in [1.29, 1.82) is 0 Å². The molecule has 2 aromatic carbocycles. The summed E-state index contributed by atoms with van der Waals surface area (Å²) in [6.07, 6.45) is 1.09. The third-order valence-corrected chi connectivity index (χ3v) is 6.60. The first-order valence-corrected chi connectivity index (χ1v) is 11.8. The number of halogens is 1. The number of likely N-dealkylation sites (tertiary alicyclic amines) is 1. The molecule has 2 N–H and O–H groups in total. The van der Waals surface area contributed by atoms with Crippen molar-refractivity contribution in [3.63, 3.8) is 0 Å². The Labute approximate surface area is 200 Å². The van der Waals surface area contributed by atoms with Crippen LogP contribution in [0.15, 0.2) is 65.7 Å². The average molecular weight is 541 g/mol. The fourth-order valence-electron chi connectivity index (χ4n) is 3.74. The first-order chi connectivity index (χ1) is 14.1. The zero-order valence-corrected chi connectivity index (χ0v) is 20.9. The van der Waals surface area contributed by atoms with Crippen LogP contribution in [0.4, 0.5) is 0 Å². The maximum absolute atomic E-state index is 12.3. The summed E-state index contributed by atoms with van der Waals surface area (Å²) in [5, 5.41) is 6.85. The van der Waals surface area contributed by atoms with Crippen molar-refractivity contribution >= 4 is 40.7 Å². The molecular formula is C23H33IN4OS. The molecule has 0 saturated carbocycles. The molecule has 7 heteroatoms. The average Bonchev–Trinajstić information content (AvgIpc) is 3.07. The highest BCUT2D eigenvalue weighted by atomic mass is 127. The van der Waals surface area contributed by atoms with Crippen LogP contribution >= 0.6 is 24.0 Å². The summed E-state index contributed by atoms with van der Waals surface area (Å²) < 4.78 is 12.3. The topological polar surface area (TPSA) is 56.7 Å². The Kier molecular flexibility index (Phi) is 10.8. The molecule has 1 fully saturated rings. The normalized spacial score (nSPS) is 20.4. The van der Waals surface area contributed by atoms with Crippen molar-refractivity contribution < 1.29 is 4.21 Å². The van der Waals surface area contributed by atoms with E-state index in [1.165, 1.54) is 5.56 Å². The lowest BCUT2D eigenvalue weighted by atomic mass is 10.2. The van der Waals surface area contributed by atoms with Crippen molar-refractivity contribution in [3.05, 3.63) is 71.8 Å². The molecule has 1 saturated heterocycles. The van der Waals surface area contributed by atoms with E-state index >= 15 is 0 Å². The number of nitrogens with one attached hydrogen (secondary N) is 2. The molecule has 0 amide bonds. The van der Waals surface area contributed by atoms with Crippen molar-refractivity contribution in [3.8, 4) is 0 Å². The van der Waals surface area contributed by atoms with Gasteiger partial charge in [-0.1, -0.05) is 60.7 Å². The number of hydrogen-bond donors (Lipinski definition) is 2. The number of aliphatic imine (C=N–C) groups is 1. The van der Waals surface area contributed by atoms with Crippen LogP contribution in [0.3, 0.4) is 0 Å². The van der Waals surface area contributed by atoms with Gasteiger partial charge in [0.15, 0.2) is 5.96 Å². The molecule has 0 aliphatic carbocycles. The van der Waals surface area contributed by atoms with E-state index in [9.17, 15) is 4.21 Å². The van der Waals surface area contributed by atoms with Gasteiger partial charge in [0, 0.05) is 61.1 Å². The minimum Gasteiger partial charge on any atom is -0.355 e. The summed E-state index contributed by atoms with van der Waals surface area (Å²) in [5.41, 5.74) is 2.47. The molecular weight excluding hydrogens is 507 g/mol. The maximum atomic E-state index is 12.3. The van der Waals surface area contributed by atoms with Gasteiger partial charge >= 0.3 is 0 Å². The van der Waals surface area contributed by atoms with E-state index in [2.05, 4.69) is 57.8 Å². The molecule has 0 bridgehead atoms. The summed E-state index contributed by atoms with van der Waals surface area (Å²) in [6, 6.07) is 21.5. The van der Waals surface area contributed by atoms with Gasteiger partial charge in [0.1, 0.15) is 0 Å². The Morgan fingerprint density at radius 2 is 1.73 bits per heavy atom. The number of benzene rings is 2. The minimum absolute atomic E-state index is 0. The molecule has 1 aliphatic heterocycles. The van der Waals surface area contributed by atoms with Crippen LogP contribution in [0.5, 0.6) is 0 Å². The Bertz CT molecular complexity index is 803. The van der Waals surface area contributed by atoms with Crippen molar-refractivity contribution in [1.82, 2.24) is 15.5 Å². The summed E-state index contributed by atoms with van der Waals surface area (Å²) in [6.45, 7) is 4.91. The van der Waals surface area contributed by atoms with Crippen LogP contribution in [-0.2, 0) is 23.1 Å². The van der Waals surface area contributed by atoms with Crippen LogP contribution < -0.4 is 10.6 Å². The highest BCUT2D eigenvalue weighted by molar-refractivity contribution is 14.0. The molecule has 0 spiro atoms. The van der Waals surface area contributed by atoms with E-state index in [1.54, 1.807) is 7.05 Å². The highest BCUT2D eigenvalue weighted by Crippen LogP contribution is 2.20. The largest absolute Gasteiger partial charge is 0.355 e. The van der Waals surface area contributed by atoms with Gasteiger partial charge in [0.2, 0.25) is 0 Å². The van der Waals surface area contributed by atoms with Crippen molar-refractivity contribution in [2.24, 2.45) is 4.99 Å². The van der Waals surface area contributed by atoms with Crippen LogP contribution in [0.1, 0.15) is 24.5 Å². The second-order valence-corrected chi connectivity index (χ2v) is 9.19. The third-order valence-electron chi connectivity index (χ3n) is 5.29. The minimum atomic E-state index is -0.881. The van der Waals surface area contributed by atoms with E-state index in [0.717, 1.165) is 31.0 Å². The first kappa shape index (κ1) is 24.8. The van der Waals surface area contributed by atoms with Gasteiger partial charge in [-0.05, 0) is 24.5 Å². The number of hydrogen-bond acceptors (Lipinski definition) is 3. The monoisotopic (exact) mass is 540 g/mol. The first-order valence-electron chi connectivity index (χ1n) is 10.3. The van der Waals surface area contributed by atoms with E-state index in [0.29, 0.717) is 30.1 Å². The Morgan fingerprint density at radius 3 is 2.37 bits per heavy atom. The van der Waals surface area contributed by atoms with E-state index in [4.69, 9.17) is 0 Å². The van der Waals surface area contributed by atoms with Gasteiger partial charge in [-0.15, -0.1) is 24.0 Å². The van der Waals surface area contributed by atoms with Crippen molar-refractivity contribution in [2.45, 2.75) is 37.7 Å². The lowest BCUT2D eigenvalue weighted by molar-refractivity contribution is 0.258. The molecule has 1 aliphatic rings. The predicted octanol–water partition coefficient (Wildman–Crippen LogP) is 3.38. The number of nitrogens with zero attached hydrogens (tertiary/aromatic N) is 2. The summed E-state index contributed by atoms with van der Waals surface area (Å²) in [4.78, 5) is 6.85. The molecule has 2 aromatic rings. The molecule has 30 heavy (non-hydrogen) atoms. The number of rotatable bonds is 8. The zero-order valence-electron chi connectivity index (χ0n) is 17.8. The smallest absolute Gasteiger partial charge is 0.191 e. The van der Waals surface area contributed by atoms with Crippen LogP contribution in [0.2, 0.25) is 0 Å². The number of guanidine groups is 1. The molecule has 1 heterocycles. The van der Waals surface area contributed by atoms with Crippen LogP contribution in [0.25, 0.3) is 0 Å². The summed E-state index contributed by atoms with van der Waals surface area (Å²) in [5.74, 6) is 2.00. The van der Waals surface area contributed by atoms with E-state index in [1.807, 2.05) is 30.3 Å². The highest BCUT2D eigenvalue weighted by Gasteiger charge is 2.29. The van der Waals surface area contributed by atoms with Crippen molar-refractivity contribution in [2.75, 3.05) is 25.9 Å². The quantitative estimate of drug-likeness (QED) is 0.306. The second kappa shape index (κ2) is 13.1. The second-order valence-electron chi connectivity index (χ2n) is 7.61. The Hall–Kier alpha value is -1.45. The molecule has 164 valence electrons. The molecule has 3 atom stereocenters. The zero-order chi connectivity index (χ0) is 20.5. The molecule has 0 radical (unpaired) electrons. The van der Waals surface area contributed by atoms with Gasteiger partial charge in [-0.2, -0.15) is 0 Å². The van der Waals surface area contributed by atoms with Gasteiger partial charge in [-0.25, -0.2) is 0 Å². The van der Waals surface area contributed by atoms with Crippen LogP contribution in [-0.4, -0.2) is 53.0 Å². The Morgan fingerprint density at radius 1 is 1.10 bits per heavy atom. The Balaban J connectivity index is 0.00000320. The van der Waals surface area contributed by atoms with E-state index < -0.39 is 10.8 Å². The van der Waals surface area contributed by atoms with Gasteiger partial charge in [-0.3, -0.25) is 14.1 Å². The van der Waals surface area contributed by atoms with Gasteiger partial charge in [0.25, 0.3) is 0 Å². The maximum Gasteiger partial charge on any atom is 0.191 e. The van der Waals surface area contributed by atoms with Crippen LogP contribution in [0, 0.1) is 0 Å². The standard InChI is InChI=1S/C23H32N4OS.HI/c1-19-15-22(17-27(19)16-20-9-5-3-6-10-20)26-23(24-2)25-13-14-29(28)18-21-11-7-4-8-12-21;/h3-12,19,22H,13-18H2,1-2H3,(H2,24,25,26);1H. The molecule has 3 unspecified atom stereocenters. The fraction of sp³-hybridized carbons (Fsp3) is 0.435. The SMILES string of the molecule is CN=C(NCCS(=O)Cc1ccccc1)NC1CC(C)N(Cc2ccccc2)C1.I. The molecule has 3 rings (SSSR count). The lowest BCUT2D eigenvalue weighted by Crippen LogP contribution is -2.45. The molecule has 0 aromatic heterocycles. The summed E-state index contributed by atoms with van der Waals surface area (Å²) >= 11 is 0. The molecule has 5 nitrogen and oxygen atoms in total. The van der Waals surface area contributed by atoms with Gasteiger partial charge < -0.3 is 10.6 Å². The van der Waals surface area contributed by atoms with Gasteiger partial charge in [0.05, 0.1) is 0 Å². The predicted molar refractivity (Wildman–Crippen MR) is 138 cm³/mol. The summed E-state index contributed by atoms with van der Waals surface area (Å²) in [7, 11) is 0.907. The fourth-order valence-corrected chi connectivity index (χ4v) is 4.78. The lowest BCUT2D eigenvalue weighted by Gasteiger charge is -2.21. The van der Waals surface area contributed by atoms with E-state index in [-0.39, 0.29) is 24.0 Å². The third kappa shape index (κ3) is 8.00.